The number of allylic oxidation sites excluding steroid dienone is 1. The first-order valence-corrected chi connectivity index (χ1v) is 11.1. The van der Waals surface area contributed by atoms with Crippen molar-refractivity contribution in [3.8, 4) is 0 Å². The number of rotatable bonds is 6. The van der Waals surface area contributed by atoms with Crippen LogP contribution in [0.2, 0.25) is 0 Å². The molecule has 1 spiro atoms. The van der Waals surface area contributed by atoms with E-state index in [-0.39, 0.29) is 11.0 Å². The van der Waals surface area contributed by atoms with Crippen molar-refractivity contribution in [2.45, 2.75) is 37.9 Å². The Labute approximate surface area is 179 Å². The molecule has 0 fully saturated rings. The van der Waals surface area contributed by atoms with Crippen molar-refractivity contribution >= 4 is 46.2 Å². The summed E-state index contributed by atoms with van der Waals surface area (Å²) in [6.45, 7) is 6.17. The van der Waals surface area contributed by atoms with Gasteiger partial charge in [0.05, 0.1) is 19.4 Å². The molecule has 156 valence electrons. The maximum absolute atomic E-state index is 12.7. The van der Waals surface area contributed by atoms with Gasteiger partial charge in [-0.3, -0.25) is 0 Å². The Morgan fingerprint density at radius 2 is 1.83 bits per heavy atom. The average Bonchev–Trinajstić information content (AvgIpc) is 3.23. The summed E-state index contributed by atoms with van der Waals surface area (Å²) in [5.74, 6) is -0.847. The molecule has 0 aromatic heterocycles. The molecule has 9 heteroatoms. The van der Waals surface area contributed by atoms with E-state index in [9.17, 15) is 9.59 Å². The van der Waals surface area contributed by atoms with E-state index in [2.05, 4.69) is 12.0 Å². The number of methoxy groups -OCH3 is 1. The number of nitrogens with zero attached hydrogens (tertiary/aromatic N) is 3. The van der Waals surface area contributed by atoms with Crippen molar-refractivity contribution in [2.75, 3.05) is 25.8 Å². The van der Waals surface area contributed by atoms with Crippen LogP contribution in [0.4, 0.5) is 5.69 Å². The van der Waals surface area contributed by atoms with E-state index in [4.69, 9.17) is 9.47 Å². The van der Waals surface area contributed by atoms with Crippen molar-refractivity contribution in [2.24, 2.45) is 5.10 Å². The Hall–Kier alpha value is -2.13. The van der Waals surface area contributed by atoms with E-state index in [0.29, 0.717) is 11.5 Å². The second-order valence-corrected chi connectivity index (χ2v) is 9.20. The number of esters is 2. The normalized spacial score (nSPS) is 21.1. The SMILES string of the molecule is CCCC1=C(C(=O)OCC)S[C@@]2(SC(C(=O)OC)=NN2c2ccc(C)cc2)N1C. The van der Waals surface area contributed by atoms with Gasteiger partial charge in [-0.25, -0.2) is 14.6 Å². The molecule has 1 atom stereocenters. The van der Waals surface area contributed by atoms with Crippen molar-refractivity contribution in [3.05, 3.63) is 40.4 Å². The highest BCUT2D eigenvalue weighted by molar-refractivity contribution is 8.28. The van der Waals surface area contributed by atoms with Crippen molar-refractivity contribution < 1.29 is 19.1 Å². The molecule has 0 saturated carbocycles. The molecule has 0 unspecified atom stereocenters. The maximum Gasteiger partial charge on any atom is 0.365 e. The van der Waals surface area contributed by atoms with Gasteiger partial charge in [-0.2, -0.15) is 5.10 Å². The van der Waals surface area contributed by atoms with Crippen LogP contribution >= 0.6 is 23.5 Å². The Bertz CT molecular complexity index is 869. The summed E-state index contributed by atoms with van der Waals surface area (Å²) >= 11 is 2.64. The number of carbonyl (C=O) groups excluding carboxylic acids is 2. The highest BCUT2D eigenvalue weighted by Crippen LogP contribution is 2.59. The minimum absolute atomic E-state index is 0.244. The van der Waals surface area contributed by atoms with Crippen LogP contribution in [0.25, 0.3) is 0 Å². The van der Waals surface area contributed by atoms with Gasteiger partial charge in [0.2, 0.25) is 9.37 Å². The third kappa shape index (κ3) is 3.85. The third-order valence-electron chi connectivity index (χ3n) is 4.60. The first-order valence-electron chi connectivity index (χ1n) is 9.43. The van der Waals surface area contributed by atoms with Crippen LogP contribution in [0.5, 0.6) is 0 Å². The molecule has 2 aliphatic heterocycles. The summed E-state index contributed by atoms with van der Waals surface area (Å²) in [6.07, 6.45) is 1.59. The largest absolute Gasteiger partial charge is 0.464 e. The zero-order valence-electron chi connectivity index (χ0n) is 17.2. The molecule has 2 heterocycles. The van der Waals surface area contributed by atoms with Crippen molar-refractivity contribution in [1.82, 2.24) is 4.90 Å². The van der Waals surface area contributed by atoms with Gasteiger partial charge < -0.3 is 14.4 Å². The van der Waals surface area contributed by atoms with Gasteiger partial charge in [-0.05, 0) is 44.2 Å². The maximum atomic E-state index is 12.7. The lowest BCUT2D eigenvalue weighted by Gasteiger charge is -2.39. The summed E-state index contributed by atoms with van der Waals surface area (Å²) in [6, 6.07) is 7.90. The topological polar surface area (TPSA) is 71.4 Å². The molecule has 1 aromatic carbocycles. The predicted molar refractivity (Wildman–Crippen MR) is 117 cm³/mol. The van der Waals surface area contributed by atoms with E-state index in [1.54, 1.807) is 11.9 Å². The minimum Gasteiger partial charge on any atom is -0.464 e. The Kier molecular flexibility index (Phi) is 6.48. The number of hydrazone groups is 1. The van der Waals surface area contributed by atoms with E-state index < -0.39 is 10.3 Å². The van der Waals surface area contributed by atoms with Crippen LogP contribution in [0.3, 0.4) is 0 Å². The van der Waals surface area contributed by atoms with Crippen LogP contribution in [-0.4, -0.2) is 47.0 Å². The first-order chi connectivity index (χ1) is 13.9. The molecule has 0 saturated heterocycles. The Morgan fingerprint density at radius 3 is 2.41 bits per heavy atom. The number of aryl methyl sites for hydroxylation is 1. The van der Waals surface area contributed by atoms with E-state index >= 15 is 0 Å². The Balaban J connectivity index is 2.07. The monoisotopic (exact) mass is 435 g/mol. The number of thioether (sulfide) groups is 2. The van der Waals surface area contributed by atoms with Gasteiger partial charge in [0.1, 0.15) is 4.91 Å². The van der Waals surface area contributed by atoms with Gasteiger partial charge in [-0.1, -0.05) is 42.8 Å². The average molecular weight is 436 g/mol. The van der Waals surface area contributed by atoms with Crippen LogP contribution in [0, 0.1) is 6.92 Å². The summed E-state index contributed by atoms with van der Waals surface area (Å²) in [5.41, 5.74) is 2.83. The highest BCUT2D eigenvalue weighted by atomic mass is 32.2. The second kappa shape index (κ2) is 8.71. The molecule has 0 N–H and O–H groups in total. The number of carbonyl (C=O) groups is 2. The summed E-state index contributed by atoms with van der Waals surface area (Å²) in [5, 5.41) is 6.61. The zero-order valence-corrected chi connectivity index (χ0v) is 18.9. The van der Waals surface area contributed by atoms with Crippen LogP contribution < -0.4 is 5.01 Å². The van der Waals surface area contributed by atoms with Gasteiger partial charge in [0.15, 0.2) is 0 Å². The molecule has 2 aliphatic rings. The molecule has 0 amide bonds. The van der Waals surface area contributed by atoms with Gasteiger partial charge in [0, 0.05) is 12.7 Å². The molecule has 7 nitrogen and oxygen atoms in total. The number of anilines is 1. The predicted octanol–water partition coefficient (Wildman–Crippen LogP) is 3.90. The number of hydrogen-bond donors (Lipinski definition) is 0. The summed E-state index contributed by atoms with van der Waals surface area (Å²) in [4.78, 5) is 27.6. The summed E-state index contributed by atoms with van der Waals surface area (Å²) in [7, 11) is 3.26. The van der Waals surface area contributed by atoms with Gasteiger partial charge in [0.25, 0.3) is 0 Å². The van der Waals surface area contributed by atoms with E-state index in [1.165, 1.54) is 30.6 Å². The smallest absolute Gasteiger partial charge is 0.365 e. The lowest BCUT2D eigenvalue weighted by Crippen LogP contribution is -2.47. The fourth-order valence-corrected chi connectivity index (χ4v) is 6.07. The third-order valence-corrected chi connectivity index (χ3v) is 7.57. The number of ether oxygens (including phenoxy) is 2. The molecule has 3 rings (SSSR count). The van der Waals surface area contributed by atoms with E-state index in [1.807, 2.05) is 43.1 Å². The molecule has 0 aliphatic carbocycles. The lowest BCUT2D eigenvalue weighted by atomic mass is 10.2. The number of hydrogen-bond acceptors (Lipinski definition) is 9. The highest BCUT2D eigenvalue weighted by Gasteiger charge is 2.57. The van der Waals surface area contributed by atoms with Gasteiger partial charge >= 0.3 is 11.9 Å². The molecular weight excluding hydrogens is 410 g/mol. The minimum atomic E-state index is -0.842. The van der Waals surface area contributed by atoms with E-state index in [0.717, 1.165) is 29.8 Å². The Morgan fingerprint density at radius 1 is 1.14 bits per heavy atom. The fraction of sp³-hybridized carbons (Fsp3) is 0.450. The van der Waals surface area contributed by atoms with Crippen molar-refractivity contribution in [3.63, 3.8) is 0 Å². The van der Waals surface area contributed by atoms with Crippen LogP contribution in [0.15, 0.2) is 40.0 Å². The fourth-order valence-electron chi connectivity index (χ4n) is 3.15. The quantitative estimate of drug-likeness (QED) is 0.623. The standard InChI is InChI=1S/C20H25N3O4S2/c1-6-8-15-16(18(24)27-7-2)28-20(22(15)4)23(14-11-9-13(3)10-12-14)21-17(29-20)19(25)26-5/h9-12H,6-8H2,1-5H3/t20-/m1/s1. The first kappa shape index (κ1) is 21.6. The molecular formula is C20H25N3O4S2. The van der Waals surface area contributed by atoms with Gasteiger partial charge in [-0.15, -0.1) is 0 Å². The van der Waals surface area contributed by atoms with Crippen molar-refractivity contribution in [1.29, 1.82) is 0 Å². The zero-order chi connectivity index (χ0) is 21.2. The summed E-state index contributed by atoms with van der Waals surface area (Å²) < 4.78 is 9.37. The van der Waals surface area contributed by atoms with Crippen LogP contribution in [0.1, 0.15) is 32.3 Å². The molecule has 0 bridgehead atoms. The molecule has 1 aromatic rings. The second-order valence-electron chi connectivity index (χ2n) is 6.60. The molecule has 0 radical (unpaired) electrons. The number of benzene rings is 1. The molecule has 29 heavy (non-hydrogen) atoms. The lowest BCUT2D eigenvalue weighted by molar-refractivity contribution is -0.137. The van der Waals surface area contributed by atoms with Crippen LogP contribution in [-0.2, 0) is 19.1 Å².